The summed E-state index contributed by atoms with van der Waals surface area (Å²) in [6.07, 6.45) is 80.9. The Bertz CT molecular complexity index is 2360. The molecule has 0 saturated carbocycles. The van der Waals surface area contributed by atoms with E-state index in [4.69, 9.17) is 37.0 Å². The molecule has 0 aliphatic carbocycles. The number of hydrogen-bond donors (Lipinski definition) is 3. The van der Waals surface area contributed by atoms with Gasteiger partial charge in [-0.3, -0.25) is 37.3 Å². The van der Waals surface area contributed by atoms with Gasteiger partial charge in [0.2, 0.25) is 0 Å². The number of phosphoric acid groups is 2. The Balaban J connectivity index is 5.44. The maximum atomic E-state index is 13.1. The highest BCUT2D eigenvalue weighted by Crippen LogP contribution is 2.45. The minimum absolute atomic E-state index is 0.0190. The largest absolute Gasteiger partial charge is 0.472 e. The first-order chi connectivity index (χ1) is 49.7. The number of carbonyl (C=O) groups is 4. The number of esters is 4. The quantitative estimate of drug-likeness (QED) is 0.0169. The summed E-state index contributed by atoms with van der Waals surface area (Å²) in [7, 11) is -9.99. The van der Waals surface area contributed by atoms with Crippen molar-refractivity contribution in [3.05, 3.63) is 109 Å². The molecule has 0 fully saturated rings. The van der Waals surface area contributed by atoms with Gasteiger partial charge in [0.1, 0.15) is 19.3 Å². The van der Waals surface area contributed by atoms with Crippen molar-refractivity contribution in [3.8, 4) is 0 Å². The lowest BCUT2D eigenvalue weighted by Crippen LogP contribution is -2.30. The van der Waals surface area contributed by atoms with Crippen LogP contribution in [0, 0.1) is 0 Å². The van der Waals surface area contributed by atoms with E-state index in [1.54, 1.807) is 0 Å². The van der Waals surface area contributed by atoms with E-state index in [0.717, 1.165) is 96.3 Å². The van der Waals surface area contributed by atoms with Crippen molar-refractivity contribution < 1.29 is 80.2 Å². The Morgan fingerprint density at radius 2 is 0.510 bits per heavy atom. The SMILES string of the molecule is CCCCC/C=C\C/C=C\C/C=C\C/C=C\C/C=C\CCC(=O)OC[C@H](COP(=O)(O)OC[C@@H](O)COP(=O)(O)OC[C@@H](COC(=O)CCCCCCCCCCCCCCC)OC(=O)CCC/C=C\C/C=C\C/C=C\C/C=C\CCCCC)OC(=O)CCCCCCCCCCCCCCC. The van der Waals surface area contributed by atoms with Gasteiger partial charge in [-0.05, 0) is 103 Å². The molecule has 0 aromatic rings. The van der Waals surface area contributed by atoms with Crippen LogP contribution in [0.1, 0.15) is 336 Å². The number of unbranched alkanes of at least 4 members (excludes halogenated alkanes) is 31. The molecule has 3 N–H and O–H groups in total. The lowest BCUT2D eigenvalue weighted by atomic mass is 10.0. The lowest BCUT2D eigenvalue weighted by molar-refractivity contribution is -0.161. The van der Waals surface area contributed by atoms with Crippen molar-refractivity contribution in [2.24, 2.45) is 0 Å². The summed E-state index contributed by atoms with van der Waals surface area (Å²) in [5, 5.41) is 10.6. The molecule has 0 aliphatic rings. The Morgan fingerprint density at radius 1 is 0.275 bits per heavy atom. The van der Waals surface area contributed by atoms with Gasteiger partial charge >= 0.3 is 39.5 Å². The van der Waals surface area contributed by atoms with Gasteiger partial charge < -0.3 is 33.8 Å². The van der Waals surface area contributed by atoms with Crippen LogP contribution in [-0.2, 0) is 65.4 Å². The first-order valence-electron chi connectivity index (χ1n) is 40.1. The highest BCUT2D eigenvalue weighted by atomic mass is 31.2. The maximum absolute atomic E-state index is 13.1. The van der Waals surface area contributed by atoms with Gasteiger partial charge in [0.15, 0.2) is 12.2 Å². The molecule has 17 nitrogen and oxygen atoms in total. The zero-order valence-corrected chi connectivity index (χ0v) is 66.0. The number of ether oxygens (including phenoxy) is 4. The summed E-state index contributed by atoms with van der Waals surface area (Å²) in [6.45, 7) is 4.70. The highest BCUT2D eigenvalue weighted by Gasteiger charge is 2.30. The minimum Gasteiger partial charge on any atom is -0.462 e. The fourth-order valence-electron chi connectivity index (χ4n) is 10.6. The van der Waals surface area contributed by atoms with Gasteiger partial charge in [-0.1, -0.05) is 317 Å². The molecule has 102 heavy (non-hydrogen) atoms. The molecule has 0 amide bonds. The minimum atomic E-state index is -4.99. The normalized spacial score (nSPS) is 14.5. The third-order valence-electron chi connectivity index (χ3n) is 16.8. The number of allylic oxidation sites excluding steroid dienone is 18. The Hall–Kier alpha value is -4.28. The Labute approximate surface area is 619 Å². The predicted molar refractivity (Wildman–Crippen MR) is 418 cm³/mol. The molecule has 0 radical (unpaired) electrons. The van der Waals surface area contributed by atoms with Gasteiger partial charge in [0.05, 0.1) is 26.4 Å². The molecule has 0 saturated heterocycles. The fraction of sp³-hybridized carbons (Fsp3) is 0.735. The van der Waals surface area contributed by atoms with E-state index in [9.17, 15) is 43.2 Å². The van der Waals surface area contributed by atoms with E-state index in [-0.39, 0.29) is 25.7 Å². The number of aliphatic hydroxyl groups excluding tert-OH is 1. The topological polar surface area (TPSA) is 237 Å². The van der Waals surface area contributed by atoms with Gasteiger partial charge in [-0.25, -0.2) is 9.13 Å². The molecule has 19 heteroatoms. The number of phosphoric ester groups is 2. The molecule has 0 heterocycles. The maximum Gasteiger partial charge on any atom is 0.472 e. The molecular formula is C83H144O17P2. The monoisotopic (exact) mass is 1470 g/mol. The van der Waals surface area contributed by atoms with Crippen LogP contribution in [-0.4, -0.2) is 96.7 Å². The molecule has 0 aromatic carbocycles. The second-order valence-electron chi connectivity index (χ2n) is 26.7. The summed E-state index contributed by atoms with van der Waals surface area (Å²) in [5.74, 6) is -2.32. The van der Waals surface area contributed by atoms with E-state index in [2.05, 4.69) is 113 Å². The van der Waals surface area contributed by atoms with E-state index >= 15 is 0 Å². The van der Waals surface area contributed by atoms with Crippen LogP contribution in [0.2, 0.25) is 0 Å². The van der Waals surface area contributed by atoms with Gasteiger partial charge in [-0.15, -0.1) is 0 Å². The van der Waals surface area contributed by atoms with Crippen LogP contribution in [0.3, 0.4) is 0 Å². The van der Waals surface area contributed by atoms with Crippen molar-refractivity contribution in [2.75, 3.05) is 39.6 Å². The first kappa shape index (κ1) is 97.7. The summed E-state index contributed by atoms with van der Waals surface area (Å²) in [4.78, 5) is 72.9. The third-order valence-corrected chi connectivity index (χ3v) is 18.7. The summed E-state index contributed by atoms with van der Waals surface area (Å²) < 4.78 is 68.4. The van der Waals surface area contributed by atoms with E-state index in [0.29, 0.717) is 38.5 Å². The Morgan fingerprint density at radius 3 is 0.833 bits per heavy atom. The predicted octanol–water partition coefficient (Wildman–Crippen LogP) is 23.3. The second-order valence-corrected chi connectivity index (χ2v) is 29.6. The molecule has 0 aromatic heterocycles. The molecule has 2 unspecified atom stereocenters. The second kappa shape index (κ2) is 75.0. The summed E-state index contributed by atoms with van der Waals surface area (Å²) >= 11 is 0. The van der Waals surface area contributed by atoms with Crippen LogP contribution in [0.5, 0.6) is 0 Å². The van der Waals surface area contributed by atoms with Crippen LogP contribution in [0.4, 0.5) is 0 Å². The molecule has 5 atom stereocenters. The fourth-order valence-corrected chi connectivity index (χ4v) is 12.2. The lowest BCUT2D eigenvalue weighted by Gasteiger charge is -2.21. The van der Waals surface area contributed by atoms with Crippen LogP contribution < -0.4 is 0 Å². The van der Waals surface area contributed by atoms with Gasteiger partial charge in [0.25, 0.3) is 0 Å². The molecule has 0 spiro atoms. The average molecular weight is 1480 g/mol. The zero-order chi connectivity index (χ0) is 74.6. The Kier molecular flexibility index (Phi) is 71.8. The molecule has 0 aliphatic heterocycles. The van der Waals surface area contributed by atoms with Gasteiger partial charge in [-0.2, -0.15) is 0 Å². The van der Waals surface area contributed by atoms with Crippen LogP contribution in [0.15, 0.2) is 109 Å². The van der Waals surface area contributed by atoms with Crippen molar-refractivity contribution in [3.63, 3.8) is 0 Å². The van der Waals surface area contributed by atoms with Crippen LogP contribution >= 0.6 is 15.6 Å². The summed E-state index contributed by atoms with van der Waals surface area (Å²) in [6, 6.07) is 0. The number of carbonyl (C=O) groups excluding carboxylic acids is 4. The van der Waals surface area contributed by atoms with E-state index in [1.807, 2.05) is 24.3 Å². The van der Waals surface area contributed by atoms with E-state index in [1.165, 1.54) is 148 Å². The third kappa shape index (κ3) is 74.0. The van der Waals surface area contributed by atoms with Crippen molar-refractivity contribution in [1.29, 1.82) is 0 Å². The first-order valence-corrected chi connectivity index (χ1v) is 43.1. The number of aliphatic hydroxyl groups is 1. The van der Waals surface area contributed by atoms with Crippen LogP contribution in [0.25, 0.3) is 0 Å². The molecule has 0 bridgehead atoms. The molecule has 0 rings (SSSR count). The van der Waals surface area contributed by atoms with Crippen molar-refractivity contribution in [1.82, 2.24) is 0 Å². The van der Waals surface area contributed by atoms with Crippen molar-refractivity contribution >= 4 is 39.5 Å². The number of hydrogen-bond acceptors (Lipinski definition) is 15. The standard InChI is InChI=1S/C83H144O17P2/c1-5-9-13-17-21-25-29-33-35-37-38-40-41-45-48-52-56-60-64-68-81(86)94-74-78(99-82(87)69-65-61-57-53-49-44-32-28-24-20-16-12-8-4)75-97-101(89,90)95-71-77(84)72-96-102(91,92)98-76-79(73-93-80(85)67-63-59-55-51-47-43-31-27-23-19-15-11-7-3)100-83(88)70-66-62-58-54-50-46-42-39-36-34-30-26-22-18-14-10-6-2/h21-22,25-26,33-36,38,40,42,45-46,48,54,56,58,60,77-79,84H,5-20,23-24,27-32,37,39,41,43-44,47,49-53,55,57,59,61-76H2,1-4H3,(H,89,90)(H,91,92)/b25-21-,26-22-,35-33-,36-34-,40-38-,46-42-,48-45-,58-54-,60-56-/t77-,78-,79-/m1/s1. The molecule has 588 valence electrons. The zero-order valence-electron chi connectivity index (χ0n) is 64.3. The summed E-state index contributed by atoms with van der Waals surface area (Å²) in [5.41, 5.74) is 0. The highest BCUT2D eigenvalue weighted by molar-refractivity contribution is 7.47. The molecular weight excluding hydrogens is 1330 g/mol. The number of rotatable bonds is 75. The van der Waals surface area contributed by atoms with E-state index < -0.39 is 97.5 Å². The van der Waals surface area contributed by atoms with Gasteiger partial charge in [0, 0.05) is 25.7 Å². The van der Waals surface area contributed by atoms with Crippen molar-refractivity contribution in [2.45, 2.75) is 354 Å². The smallest absolute Gasteiger partial charge is 0.462 e. The average Bonchev–Trinajstić information content (AvgIpc) is 0.908.